The smallest absolute Gasteiger partial charge is 0.227 e. The Bertz CT molecular complexity index is 334. The molecule has 0 radical (unpaired) electrons. The van der Waals surface area contributed by atoms with Crippen molar-refractivity contribution in [3.63, 3.8) is 0 Å². The van der Waals surface area contributed by atoms with Gasteiger partial charge in [0.25, 0.3) is 0 Å². The van der Waals surface area contributed by atoms with Crippen molar-refractivity contribution in [1.29, 1.82) is 0 Å². The normalized spacial score (nSPS) is 12.8. The van der Waals surface area contributed by atoms with Crippen molar-refractivity contribution in [2.75, 3.05) is 13.6 Å². The number of aromatic amines is 1. The lowest BCUT2D eigenvalue weighted by molar-refractivity contribution is -0.135. The topological polar surface area (TPSA) is 75.0 Å². The summed E-state index contributed by atoms with van der Waals surface area (Å²) in [5, 5.41) is 0. The summed E-state index contributed by atoms with van der Waals surface area (Å²) in [6.07, 6.45) is 4.27. The summed E-state index contributed by atoms with van der Waals surface area (Å²) in [7, 11) is 1.79. The number of H-pyrrole nitrogens is 1. The maximum Gasteiger partial charge on any atom is 0.227 e. The van der Waals surface area contributed by atoms with E-state index in [2.05, 4.69) is 23.8 Å². The highest BCUT2D eigenvalue weighted by Crippen LogP contribution is 2.13. The lowest BCUT2D eigenvalue weighted by atomic mass is 9.96. The second kappa shape index (κ2) is 6.39. The van der Waals surface area contributed by atoms with E-state index in [0.29, 0.717) is 19.0 Å². The Hall–Kier alpha value is -1.36. The predicted octanol–water partition coefficient (Wildman–Crippen LogP) is 0.989. The van der Waals surface area contributed by atoms with Gasteiger partial charge in [0.15, 0.2) is 0 Å². The first-order chi connectivity index (χ1) is 8.04. The van der Waals surface area contributed by atoms with E-state index in [1.807, 2.05) is 0 Å². The van der Waals surface area contributed by atoms with Crippen LogP contribution in [0, 0.1) is 11.8 Å². The number of hydrogen-bond acceptors (Lipinski definition) is 3. The molecular weight excluding hydrogens is 216 g/mol. The number of rotatable bonds is 6. The molecule has 1 heterocycles. The predicted molar refractivity (Wildman–Crippen MR) is 67.1 cm³/mol. The maximum atomic E-state index is 12.1. The van der Waals surface area contributed by atoms with Gasteiger partial charge in [-0.05, 0) is 12.3 Å². The zero-order valence-corrected chi connectivity index (χ0v) is 10.8. The Morgan fingerprint density at radius 1 is 1.59 bits per heavy atom. The summed E-state index contributed by atoms with van der Waals surface area (Å²) in [5.74, 6) is 1.28. The van der Waals surface area contributed by atoms with Crippen LogP contribution in [0.15, 0.2) is 12.4 Å². The monoisotopic (exact) mass is 238 g/mol. The van der Waals surface area contributed by atoms with Crippen molar-refractivity contribution in [3.8, 4) is 0 Å². The Morgan fingerprint density at radius 3 is 2.76 bits per heavy atom. The SMILES string of the molecule is CC(C)CC(CN)C(=O)N(C)Cc1ncc[nH]1. The third-order valence-electron chi connectivity index (χ3n) is 2.71. The van der Waals surface area contributed by atoms with Gasteiger partial charge in [0.1, 0.15) is 5.82 Å². The van der Waals surface area contributed by atoms with E-state index >= 15 is 0 Å². The molecule has 0 aliphatic rings. The lowest BCUT2D eigenvalue weighted by Gasteiger charge is -2.23. The maximum absolute atomic E-state index is 12.1. The molecule has 1 rings (SSSR count). The first-order valence-electron chi connectivity index (χ1n) is 5.97. The lowest BCUT2D eigenvalue weighted by Crippen LogP contribution is -2.37. The molecule has 1 unspecified atom stereocenters. The highest BCUT2D eigenvalue weighted by Gasteiger charge is 2.22. The van der Waals surface area contributed by atoms with Crippen LogP contribution >= 0.6 is 0 Å². The molecule has 17 heavy (non-hydrogen) atoms. The number of amides is 1. The second-order valence-electron chi connectivity index (χ2n) is 4.79. The van der Waals surface area contributed by atoms with E-state index in [4.69, 9.17) is 5.73 Å². The minimum absolute atomic E-state index is 0.0880. The van der Waals surface area contributed by atoms with Gasteiger partial charge in [0, 0.05) is 26.0 Å². The highest BCUT2D eigenvalue weighted by atomic mass is 16.2. The largest absolute Gasteiger partial charge is 0.347 e. The third kappa shape index (κ3) is 4.19. The molecular formula is C12H22N4O. The van der Waals surface area contributed by atoms with E-state index in [0.717, 1.165) is 12.2 Å². The van der Waals surface area contributed by atoms with Crippen LogP contribution in [0.25, 0.3) is 0 Å². The number of hydrogen-bond donors (Lipinski definition) is 2. The van der Waals surface area contributed by atoms with E-state index in [-0.39, 0.29) is 11.8 Å². The van der Waals surface area contributed by atoms with Gasteiger partial charge in [-0.3, -0.25) is 4.79 Å². The van der Waals surface area contributed by atoms with Gasteiger partial charge in [-0.1, -0.05) is 13.8 Å². The van der Waals surface area contributed by atoms with Gasteiger partial charge >= 0.3 is 0 Å². The van der Waals surface area contributed by atoms with Gasteiger partial charge in [0.2, 0.25) is 5.91 Å². The molecule has 0 aromatic carbocycles. The van der Waals surface area contributed by atoms with Crippen LogP contribution in [0.1, 0.15) is 26.1 Å². The zero-order valence-electron chi connectivity index (χ0n) is 10.8. The van der Waals surface area contributed by atoms with Crippen LogP contribution in [0.2, 0.25) is 0 Å². The van der Waals surface area contributed by atoms with Crippen molar-refractivity contribution >= 4 is 5.91 Å². The molecule has 1 atom stereocenters. The van der Waals surface area contributed by atoms with Gasteiger partial charge in [-0.25, -0.2) is 4.98 Å². The molecule has 1 aromatic rings. The van der Waals surface area contributed by atoms with Crippen molar-refractivity contribution in [2.45, 2.75) is 26.8 Å². The molecule has 0 aliphatic carbocycles. The molecule has 0 fully saturated rings. The quantitative estimate of drug-likeness (QED) is 0.776. The summed E-state index contributed by atoms with van der Waals surface area (Å²) in [6, 6.07) is 0. The van der Waals surface area contributed by atoms with Crippen molar-refractivity contribution < 1.29 is 4.79 Å². The molecule has 0 saturated heterocycles. The summed E-state index contributed by atoms with van der Waals surface area (Å²) in [5.41, 5.74) is 5.66. The van der Waals surface area contributed by atoms with E-state index in [9.17, 15) is 4.79 Å². The van der Waals surface area contributed by atoms with Gasteiger partial charge in [0.05, 0.1) is 12.5 Å². The number of nitrogens with one attached hydrogen (secondary N) is 1. The summed E-state index contributed by atoms with van der Waals surface area (Å²) >= 11 is 0. The Kier molecular flexibility index (Phi) is 5.15. The van der Waals surface area contributed by atoms with Crippen LogP contribution in [0.4, 0.5) is 0 Å². The fraction of sp³-hybridized carbons (Fsp3) is 0.667. The number of nitrogens with zero attached hydrogens (tertiary/aromatic N) is 2. The van der Waals surface area contributed by atoms with Crippen LogP contribution in [-0.4, -0.2) is 34.4 Å². The number of imidazole rings is 1. The Morgan fingerprint density at radius 2 is 2.29 bits per heavy atom. The van der Waals surface area contributed by atoms with E-state index in [1.54, 1.807) is 24.3 Å². The average Bonchev–Trinajstić information content (AvgIpc) is 2.77. The first kappa shape index (κ1) is 13.7. The Balaban J connectivity index is 2.54. The average molecular weight is 238 g/mol. The molecule has 0 bridgehead atoms. The molecule has 3 N–H and O–H groups in total. The van der Waals surface area contributed by atoms with Gasteiger partial charge in [-0.15, -0.1) is 0 Å². The van der Waals surface area contributed by atoms with E-state index in [1.165, 1.54) is 0 Å². The number of aromatic nitrogens is 2. The number of carbonyl (C=O) groups is 1. The van der Waals surface area contributed by atoms with E-state index < -0.39 is 0 Å². The minimum Gasteiger partial charge on any atom is -0.347 e. The molecule has 5 nitrogen and oxygen atoms in total. The molecule has 5 heteroatoms. The van der Waals surface area contributed by atoms with Crippen LogP contribution in [0.3, 0.4) is 0 Å². The molecule has 1 amide bonds. The Labute approximate surface area is 102 Å². The van der Waals surface area contributed by atoms with Crippen molar-refractivity contribution in [1.82, 2.24) is 14.9 Å². The molecule has 1 aromatic heterocycles. The standard InChI is InChI=1S/C12H22N4O/c1-9(2)6-10(7-13)12(17)16(3)8-11-14-4-5-15-11/h4-5,9-10H,6-8,13H2,1-3H3,(H,14,15). The summed E-state index contributed by atoms with van der Waals surface area (Å²) in [4.78, 5) is 20.9. The van der Waals surface area contributed by atoms with Gasteiger partial charge in [-0.2, -0.15) is 0 Å². The molecule has 0 saturated carbocycles. The van der Waals surface area contributed by atoms with Crippen molar-refractivity contribution in [2.24, 2.45) is 17.6 Å². The summed E-state index contributed by atoms with van der Waals surface area (Å²) in [6.45, 7) is 5.10. The van der Waals surface area contributed by atoms with Crippen LogP contribution < -0.4 is 5.73 Å². The fourth-order valence-corrected chi connectivity index (χ4v) is 1.87. The summed E-state index contributed by atoms with van der Waals surface area (Å²) < 4.78 is 0. The minimum atomic E-state index is -0.0880. The first-order valence-corrected chi connectivity index (χ1v) is 5.97. The molecule has 0 aliphatic heterocycles. The number of carbonyl (C=O) groups excluding carboxylic acids is 1. The third-order valence-corrected chi connectivity index (χ3v) is 2.71. The van der Waals surface area contributed by atoms with Gasteiger partial charge < -0.3 is 15.6 Å². The highest BCUT2D eigenvalue weighted by molar-refractivity contribution is 5.78. The molecule has 96 valence electrons. The second-order valence-corrected chi connectivity index (χ2v) is 4.79. The van der Waals surface area contributed by atoms with Crippen LogP contribution in [-0.2, 0) is 11.3 Å². The fourth-order valence-electron chi connectivity index (χ4n) is 1.87. The zero-order chi connectivity index (χ0) is 12.8. The molecule has 0 spiro atoms. The van der Waals surface area contributed by atoms with Crippen molar-refractivity contribution in [3.05, 3.63) is 18.2 Å². The van der Waals surface area contributed by atoms with Crippen LogP contribution in [0.5, 0.6) is 0 Å². The number of nitrogens with two attached hydrogens (primary N) is 1.